The predicted molar refractivity (Wildman–Crippen MR) is 103 cm³/mol. The number of furan rings is 1. The average Bonchev–Trinajstić information content (AvgIpc) is 3.46. The van der Waals surface area contributed by atoms with Gasteiger partial charge < -0.3 is 23.8 Å². The molecular formula is C21H20FN3O5. The molecule has 30 heavy (non-hydrogen) atoms. The summed E-state index contributed by atoms with van der Waals surface area (Å²) in [4.78, 5) is 30.9. The highest BCUT2D eigenvalue weighted by Crippen LogP contribution is 2.30. The minimum absolute atomic E-state index is 0.100. The van der Waals surface area contributed by atoms with Crippen LogP contribution in [0, 0.1) is 5.82 Å². The molecule has 1 saturated heterocycles. The molecule has 0 spiro atoms. The maximum Gasteiger partial charge on any atom is 0.289 e. The van der Waals surface area contributed by atoms with Crippen LogP contribution in [0.25, 0.3) is 0 Å². The molecule has 0 bridgehead atoms. The van der Waals surface area contributed by atoms with Crippen molar-refractivity contribution in [2.24, 2.45) is 0 Å². The SMILES string of the molecule is COc1ccc(C(=O)N2CC[C@H](c3ccc(F)cc3)[C@H](NC(=O)c3cocn3)C2)o1. The van der Waals surface area contributed by atoms with Crippen molar-refractivity contribution in [2.45, 2.75) is 18.4 Å². The van der Waals surface area contributed by atoms with Crippen LogP contribution < -0.4 is 10.1 Å². The van der Waals surface area contributed by atoms with Crippen molar-refractivity contribution >= 4 is 11.8 Å². The number of hydrogen-bond donors (Lipinski definition) is 1. The monoisotopic (exact) mass is 413 g/mol. The van der Waals surface area contributed by atoms with Crippen molar-refractivity contribution in [3.05, 3.63) is 71.9 Å². The number of amides is 2. The first-order chi connectivity index (χ1) is 14.5. The third-order valence-corrected chi connectivity index (χ3v) is 5.17. The van der Waals surface area contributed by atoms with Crippen LogP contribution in [0.1, 0.15) is 38.9 Å². The van der Waals surface area contributed by atoms with Crippen LogP contribution in [-0.2, 0) is 0 Å². The maximum atomic E-state index is 13.4. The Morgan fingerprint density at radius 3 is 2.70 bits per heavy atom. The van der Waals surface area contributed by atoms with E-state index in [-0.39, 0.29) is 41.6 Å². The summed E-state index contributed by atoms with van der Waals surface area (Å²) in [6.45, 7) is 0.716. The Bertz CT molecular complexity index is 1020. The molecule has 0 saturated carbocycles. The minimum Gasteiger partial charge on any atom is -0.468 e. The Balaban J connectivity index is 1.55. The van der Waals surface area contributed by atoms with E-state index in [0.717, 1.165) is 5.56 Å². The molecule has 0 radical (unpaired) electrons. The molecule has 1 aliphatic rings. The summed E-state index contributed by atoms with van der Waals surface area (Å²) in [6, 6.07) is 8.89. The predicted octanol–water partition coefficient (Wildman–Crippen LogP) is 2.84. The lowest BCUT2D eigenvalue weighted by Gasteiger charge is -2.38. The lowest BCUT2D eigenvalue weighted by atomic mass is 9.85. The number of carbonyl (C=O) groups excluding carboxylic acids is 2. The van der Waals surface area contributed by atoms with Crippen molar-refractivity contribution in [3.63, 3.8) is 0 Å². The van der Waals surface area contributed by atoms with Gasteiger partial charge in [0, 0.05) is 25.1 Å². The minimum atomic E-state index is -0.408. The molecule has 0 unspecified atom stereocenters. The van der Waals surface area contributed by atoms with E-state index in [2.05, 4.69) is 10.3 Å². The van der Waals surface area contributed by atoms with Crippen LogP contribution in [0.4, 0.5) is 4.39 Å². The number of aromatic nitrogens is 1. The molecule has 8 nitrogen and oxygen atoms in total. The van der Waals surface area contributed by atoms with Crippen LogP contribution in [0.15, 0.2) is 57.9 Å². The van der Waals surface area contributed by atoms with Gasteiger partial charge in [-0.1, -0.05) is 12.1 Å². The van der Waals surface area contributed by atoms with Crippen molar-refractivity contribution in [3.8, 4) is 5.95 Å². The molecule has 1 aliphatic heterocycles. The molecule has 1 aromatic carbocycles. The molecule has 3 heterocycles. The number of ether oxygens (including phenoxy) is 1. The van der Waals surface area contributed by atoms with Crippen LogP contribution in [-0.4, -0.2) is 47.9 Å². The van der Waals surface area contributed by atoms with Gasteiger partial charge in [0.05, 0.1) is 13.2 Å². The van der Waals surface area contributed by atoms with Gasteiger partial charge in [0.25, 0.3) is 17.8 Å². The second-order valence-electron chi connectivity index (χ2n) is 6.97. The summed E-state index contributed by atoms with van der Waals surface area (Å²) in [5.41, 5.74) is 1.03. The highest BCUT2D eigenvalue weighted by atomic mass is 19.1. The largest absolute Gasteiger partial charge is 0.468 e. The normalized spacial score (nSPS) is 18.8. The Morgan fingerprint density at radius 1 is 1.23 bits per heavy atom. The van der Waals surface area contributed by atoms with Gasteiger partial charge >= 0.3 is 0 Å². The van der Waals surface area contributed by atoms with E-state index in [1.165, 1.54) is 31.9 Å². The number of benzene rings is 1. The number of hydrogen-bond acceptors (Lipinski definition) is 6. The molecule has 156 valence electrons. The summed E-state index contributed by atoms with van der Waals surface area (Å²) in [5.74, 6) is -0.728. The number of piperidine rings is 1. The number of halogens is 1. The zero-order valence-corrected chi connectivity index (χ0v) is 16.2. The fraction of sp³-hybridized carbons (Fsp3) is 0.286. The van der Waals surface area contributed by atoms with Crippen LogP contribution in [0.5, 0.6) is 5.95 Å². The summed E-state index contributed by atoms with van der Waals surface area (Å²) in [7, 11) is 1.46. The number of nitrogens with zero attached hydrogens (tertiary/aromatic N) is 2. The molecule has 4 rings (SSSR count). The zero-order chi connectivity index (χ0) is 21.1. The van der Waals surface area contributed by atoms with Crippen LogP contribution >= 0.6 is 0 Å². The summed E-state index contributed by atoms with van der Waals surface area (Å²) in [5, 5.41) is 2.93. The molecule has 0 aliphatic carbocycles. The maximum absolute atomic E-state index is 13.4. The Morgan fingerprint density at radius 2 is 2.03 bits per heavy atom. The number of likely N-dealkylation sites (tertiary alicyclic amines) is 1. The fourth-order valence-electron chi connectivity index (χ4n) is 3.66. The Hall–Kier alpha value is -3.62. The molecule has 2 amide bonds. The standard InChI is InChI=1S/C21H20FN3O5/c1-28-19-7-6-18(30-19)21(27)25-9-8-15(13-2-4-14(22)5-3-13)16(10-25)24-20(26)17-11-29-12-23-17/h2-7,11-12,15-16H,8-10H2,1H3,(H,24,26)/t15-,16-/m1/s1. The van der Waals surface area contributed by atoms with Crippen molar-refractivity contribution < 1.29 is 27.6 Å². The Kier molecular flexibility index (Phi) is 5.51. The van der Waals surface area contributed by atoms with Crippen molar-refractivity contribution in [2.75, 3.05) is 20.2 Å². The summed E-state index contributed by atoms with van der Waals surface area (Å²) < 4.78 is 28.6. The molecule has 2 atom stereocenters. The van der Waals surface area contributed by atoms with Gasteiger partial charge in [0.15, 0.2) is 17.8 Å². The average molecular weight is 413 g/mol. The van der Waals surface area contributed by atoms with E-state index >= 15 is 0 Å². The van der Waals surface area contributed by atoms with Gasteiger partial charge in [-0.25, -0.2) is 9.37 Å². The summed E-state index contributed by atoms with van der Waals surface area (Å²) in [6.07, 6.45) is 3.01. The first-order valence-corrected chi connectivity index (χ1v) is 9.43. The van der Waals surface area contributed by atoms with Gasteiger partial charge in [-0.3, -0.25) is 9.59 Å². The number of rotatable bonds is 5. The number of oxazole rings is 1. The third kappa shape index (κ3) is 4.05. The third-order valence-electron chi connectivity index (χ3n) is 5.17. The van der Waals surface area contributed by atoms with Gasteiger partial charge in [0.1, 0.15) is 12.1 Å². The molecule has 1 N–H and O–H groups in total. The van der Waals surface area contributed by atoms with E-state index in [4.69, 9.17) is 13.6 Å². The smallest absolute Gasteiger partial charge is 0.289 e. The van der Waals surface area contributed by atoms with Crippen LogP contribution in [0.3, 0.4) is 0 Å². The highest BCUT2D eigenvalue weighted by Gasteiger charge is 2.35. The zero-order valence-electron chi connectivity index (χ0n) is 16.2. The lowest BCUT2D eigenvalue weighted by Crippen LogP contribution is -2.53. The van der Waals surface area contributed by atoms with Gasteiger partial charge in [-0.15, -0.1) is 0 Å². The lowest BCUT2D eigenvalue weighted by molar-refractivity contribution is 0.0620. The number of carbonyl (C=O) groups is 2. The first-order valence-electron chi connectivity index (χ1n) is 9.43. The van der Waals surface area contributed by atoms with Crippen molar-refractivity contribution in [1.29, 1.82) is 0 Å². The Labute approximate surface area is 171 Å². The molecule has 1 fully saturated rings. The topological polar surface area (TPSA) is 97.8 Å². The second-order valence-corrected chi connectivity index (χ2v) is 6.97. The molecule has 2 aromatic heterocycles. The second kappa shape index (κ2) is 8.40. The molecular weight excluding hydrogens is 393 g/mol. The van der Waals surface area contributed by atoms with E-state index < -0.39 is 11.9 Å². The van der Waals surface area contributed by atoms with E-state index in [0.29, 0.717) is 13.0 Å². The summed E-state index contributed by atoms with van der Waals surface area (Å²) >= 11 is 0. The number of nitrogens with one attached hydrogen (secondary N) is 1. The van der Waals surface area contributed by atoms with Gasteiger partial charge in [-0.05, 0) is 30.2 Å². The van der Waals surface area contributed by atoms with E-state index in [9.17, 15) is 14.0 Å². The first kappa shape index (κ1) is 19.7. The quantitative estimate of drug-likeness (QED) is 0.691. The van der Waals surface area contributed by atoms with Gasteiger partial charge in [0.2, 0.25) is 0 Å². The highest BCUT2D eigenvalue weighted by molar-refractivity contribution is 5.93. The molecule has 3 aromatic rings. The fourth-order valence-corrected chi connectivity index (χ4v) is 3.66. The number of methoxy groups -OCH3 is 1. The molecule has 9 heteroatoms. The van der Waals surface area contributed by atoms with E-state index in [1.54, 1.807) is 29.2 Å². The van der Waals surface area contributed by atoms with Crippen molar-refractivity contribution in [1.82, 2.24) is 15.2 Å². The van der Waals surface area contributed by atoms with Gasteiger partial charge in [-0.2, -0.15) is 0 Å². The van der Waals surface area contributed by atoms with E-state index in [1.807, 2.05) is 0 Å². The van der Waals surface area contributed by atoms with Crippen LogP contribution in [0.2, 0.25) is 0 Å².